The second-order valence-corrected chi connectivity index (χ2v) is 2.02. The van der Waals surface area contributed by atoms with Crippen LogP contribution >= 0.6 is 0 Å². The largest absolute Gasteiger partial charge is 0.254 e. The van der Waals surface area contributed by atoms with Gasteiger partial charge in [-0.25, -0.2) is 0 Å². The fourth-order valence-electron chi connectivity index (χ4n) is 0.467. The van der Waals surface area contributed by atoms with E-state index < -0.39 is 0 Å². The van der Waals surface area contributed by atoms with E-state index in [0.29, 0.717) is 0 Å². The minimum absolute atomic E-state index is 0.0674. The third-order valence-electron chi connectivity index (χ3n) is 0.892. The van der Waals surface area contributed by atoms with Crippen molar-refractivity contribution in [3.8, 4) is 0 Å². The van der Waals surface area contributed by atoms with Gasteiger partial charge in [-0.05, 0) is 19.8 Å². The highest BCUT2D eigenvalue weighted by atomic mass is 14.6. The zero-order valence-electron chi connectivity index (χ0n) is 5.65. The third kappa shape index (κ3) is 5.70. The molecule has 0 fully saturated rings. The van der Waals surface area contributed by atoms with E-state index in [9.17, 15) is 0 Å². The van der Waals surface area contributed by atoms with Crippen LogP contribution in [-0.2, 0) is 0 Å². The lowest BCUT2D eigenvalue weighted by Gasteiger charge is -1.93. The van der Waals surface area contributed by atoms with Crippen LogP contribution in [0, 0.1) is 0 Å². The fraction of sp³-hybridized carbons (Fsp3) is 0.714. The molecule has 1 heteroatoms. The molecule has 0 heterocycles. The number of rotatable bonds is 3. The van der Waals surface area contributed by atoms with Crippen LogP contribution in [-0.4, -0.2) is 6.04 Å². The van der Waals surface area contributed by atoms with Crippen molar-refractivity contribution in [3.05, 3.63) is 12.2 Å². The van der Waals surface area contributed by atoms with Crippen LogP contribution in [0.1, 0.15) is 26.7 Å². The Kier molecular flexibility index (Phi) is 4.67. The molecular weight excluding hydrogens is 98.1 g/mol. The van der Waals surface area contributed by atoms with E-state index in [0.717, 1.165) is 12.8 Å². The summed E-state index contributed by atoms with van der Waals surface area (Å²) >= 11 is 0. The summed E-state index contributed by atoms with van der Waals surface area (Å²) in [5, 5.41) is 0. The first kappa shape index (κ1) is 7.70. The summed E-state index contributed by atoms with van der Waals surface area (Å²) in [4.78, 5) is 0. The van der Waals surface area contributed by atoms with Gasteiger partial charge in [-0.2, -0.15) is 0 Å². The van der Waals surface area contributed by atoms with Crippen molar-refractivity contribution >= 4 is 0 Å². The van der Waals surface area contributed by atoms with Gasteiger partial charge in [0.25, 0.3) is 0 Å². The van der Waals surface area contributed by atoms with E-state index >= 15 is 0 Å². The van der Waals surface area contributed by atoms with Gasteiger partial charge in [0.1, 0.15) is 0 Å². The smallest absolute Gasteiger partial charge is 0.0219 e. The van der Waals surface area contributed by atoms with Gasteiger partial charge in [-0.15, -0.1) is 0 Å². The Morgan fingerprint density at radius 2 is 2.12 bits per heavy atom. The molecule has 0 saturated carbocycles. The molecule has 8 heavy (non-hydrogen) atoms. The second-order valence-electron chi connectivity index (χ2n) is 2.02. The van der Waals surface area contributed by atoms with Crippen LogP contribution in [0.25, 0.3) is 0 Å². The normalized spacial score (nSPS) is 14.9. The molecule has 0 aliphatic carbocycles. The Hall–Kier alpha value is -0.300. The summed E-state index contributed by atoms with van der Waals surface area (Å²) in [5.41, 5.74) is 7.10. The highest BCUT2D eigenvalue weighted by Crippen LogP contribution is 1.90. The van der Waals surface area contributed by atoms with Gasteiger partial charge in [-0.3, -0.25) is 5.73 Å². The maximum atomic E-state index is 7.10. The maximum absolute atomic E-state index is 7.10. The summed E-state index contributed by atoms with van der Waals surface area (Å²) in [6.07, 6.45) is 6.16. The molecule has 0 spiro atoms. The van der Waals surface area contributed by atoms with Crippen molar-refractivity contribution in [2.45, 2.75) is 32.7 Å². The van der Waals surface area contributed by atoms with Crippen LogP contribution < -0.4 is 5.73 Å². The number of allylic oxidation sites excluding steroid dienone is 1. The molecule has 0 amide bonds. The molecule has 0 saturated heterocycles. The predicted molar refractivity (Wildman–Crippen MR) is 36.6 cm³/mol. The monoisotopic (exact) mass is 112 g/mol. The lowest BCUT2D eigenvalue weighted by atomic mass is 10.2. The predicted octanol–water partition coefficient (Wildman–Crippen LogP) is 2.01. The first-order valence-electron chi connectivity index (χ1n) is 3.13. The number of nitrogens with one attached hydrogen (secondary N) is 1. The molecule has 1 N–H and O–H groups in total. The molecule has 1 nitrogen and oxygen atoms in total. The van der Waals surface area contributed by atoms with Crippen molar-refractivity contribution in [1.82, 2.24) is 5.73 Å². The molecular formula is C7H14N. The van der Waals surface area contributed by atoms with Gasteiger partial charge in [0.05, 0.1) is 0 Å². The quantitative estimate of drug-likeness (QED) is 0.499. The molecule has 1 atom stereocenters. The Bertz CT molecular complexity index is 64.8. The van der Waals surface area contributed by atoms with E-state index in [1.807, 2.05) is 6.92 Å². The molecule has 1 unspecified atom stereocenters. The zero-order chi connectivity index (χ0) is 6.41. The average Bonchev–Trinajstić information content (AvgIpc) is 1.66. The molecule has 0 aromatic carbocycles. The summed E-state index contributed by atoms with van der Waals surface area (Å²) in [6.45, 7) is 4.01. The van der Waals surface area contributed by atoms with Crippen molar-refractivity contribution in [2.75, 3.05) is 0 Å². The molecule has 1 radical (unpaired) electrons. The first-order valence-corrected chi connectivity index (χ1v) is 3.13. The molecule has 0 aromatic heterocycles. The standard InChI is InChI=1S/C7H14N/c1-3-4-5-6-7(2)8/h4-5,7-8H,3,6H2,1-2H3. The first-order chi connectivity index (χ1) is 3.77. The minimum Gasteiger partial charge on any atom is -0.254 e. The van der Waals surface area contributed by atoms with Gasteiger partial charge in [0, 0.05) is 6.04 Å². The van der Waals surface area contributed by atoms with E-state index in [1.54, 1.807) is 0 Å². The third-order valence-corrected chi connectivity index (χ3v) is 0.892. The summed E-state index contributed by atoms with van der Waals surface area (Å²) < 4.78 is 0. The van der Waals surface area contributed by atoms with E-state index in [2.05, 4.69) is 19.1 Å². The lowest BCUT2D eigenvalue weighted by molar-refractivity contribution is 0.731. The Morgan fingerprint density at radius 1 is 1.50 bits per heavy atom. The highest BCUT2D eigenvalue weighted by molar-refractivity contribution is 4.82. The summed E-state index contributed by atoms with van der Waals surface area (Å²) in [5.74, 6) is 0. The fourth-order valence-corrected chi connectivity index (χ4v) is 0.467. The van der Waals surface area contributed by atoms with Gasteiger partial charge < -0.3 is 0 Å². The maximum Gasteiger partial charge on any atom is 0.0219 e. The van der Waals surface area contributed by atoms with Crippen LogP contribution in [0.15, 0.2) is 12.2 Å². The van der Waals surface area contributed by atoms with Crippen LogP contribution in [0.5, 0.6) is 0 Å². The van der Waals surface area contributed by atoms with Crippen molar-refractivity contribution in [2.24, 2.45) is 0 Å². The molecule has 0 rings (SSSR count). The van der Waals surface area contributed by atoms with Crippen LogP contribution in [0.4, 0.5) is 0 Å². The number of hydrogen-bond donors (Lipinski definition) is 0. The average molecular weight is 112 g/mol. The highest BCUT2D eigenvalue weighted by Gasteiger charge is 1.85. The Labute approximate surface area is 51.6 Å². The van der Waals surface area contributed by atoms with E-state index in [1.165, 1.54) is 0 Å². The topological polar surface area (TPSA) is 23.8 Å². The van der Waals surface area contributed by atoms with Crippen molar-refractivity contribution in [3.63, 3.8) is 0 Å². The van der Waals surface area contributed by atoms with Gasteiger partial charge in [0.15, 0.2) is 0 Å². The van der Waals surface area contributed by atoms with E-state index in [4.69, 9.17) is 5.73 Å². The van der Waals surface area contributed by atoms with Crippen molar-refractivity contribution < 1.29 is 0 Å². The number of hydrogen-bond acceptors (Lipinski definition) is 0. The molecule has 0 aliphatic heterocycles. The summed E-state index contributed by atoms with van der Waals surface area (Å²) in [6, 6.07) is 0.0674. The minimum atomic E-state index is 0.0674. The molecule has 0 aromatic rings. The van der Waals surface area contributed by atoms with Crippen LogP contribution in [0.2, 0.25) is 0 Å². The molecule has 47 valence electrons. The van der Waals surface area contributed by atoms with Gasteiger partial charge >= 0.3 is 0 Å². The Morgan fingerprint density at radius 3 is 2.50 bits per heavy atom. The van der Waals surface area contributed by atoms with E-state index in [-0.39, 0.29) is 6.04 Å². The van der Waals surface area contributed by atoms with Gasteiger partial charge in [0.2, 0.25) is 0 Å². The SMILES string of the molecule is CCC=CCC(C)[NH]. The lowest BCUT2D eigenvalue weighted by Crippen LogP contribution is -1.98. The zero-order valence-corrected chi connectivity index (χ0v) is 5.65. The summed E-state index contributed by atoms with van der Waals surface area (Å²) in [7, 11) is 0. The Balaban J connectivity index is 3.03. The van der Waals surface area contributed by atoms with Crippen LogP contribution in [0.3, 0.4) is 0 Å². The van der Waals surface area contributed by atoms with Gasteiger partial charge in [-0.1, -0.05) is 19.1 Å². The second kappa shape index (κ2) is 4.85. The van der Waals surface area contributed by atoms with Crippen molar-refractivity contribution in [1.29, 1.82) is 0 Å². The molecule has 0 bridgehead atoms. The molecule has 0 aliphatic rings.